The van der Waals surface area contributed by atoms with Gasteiger partial charge in [0, 0.05) is 97.5 Å². The van der Waals surface area contributed by atoms with E-state index in [1.54, 1.807) is 0 Å². The van der Waals surface area contributed by atoms with Crippen molar-refractivity contribution < 1.29 is 0 Å². The normalized spacial score (nSPS) is 15.1. The summed E-state index contributed by atoms with van der Waals surface area (Å²) in [6.07, 6.45) is 0. The van der Waals surface area contributed by atoms with Crippen LogP contribution in [0.25, 0.3) is 88.4 Å². The molecule has 0 fully saturated rings. The summed E-state index contributed by atoms with van der Waals surface area (Å²) in [5.74, 6) is 0. The van der Waals surface area contributed by atoms with Crippen LogP contribution in [0.5, 0.6) is 0 Å². The first kappa shape index (κ1) is 62.0. The van der Waals surface area contributed by atoms with Crippen molar-refractivity contribution >= 4 is 182 Å². The second-order valence-electron chi connectivity index (χ2n) is 32.6. The quantitative estimate of drug-likeness (QED) is 0.159. The number of rotatable bonds is 5. The van der Waals surface area contributed by atoms with Crippen LogP contribution in [0, 0.1) is 0 Å². The lowest BCUT2D eigenvalue weighted by molar-refractivity contribution is 0.632. The molecule has 0 amide bonds. The summed E-state index contributed by atoms with van der Waals surface area (Å²) in [4.78, 5) is 15.7. The molecule has 18 aromatic rings. The number of para-hydroxylation sites is 10. The van der Waals surface area contributed by atoms with Gasteiger partial charge in [0.2, 0.25) is 0 Å². The van der Waals surface area contributed by atoms with E-state index in [1.165, 1.54) is 220 Å². The molecule has 16 aromatic carbocycles. The number of nitrogens with zero attached hydrogens (tertiary/aromatic N) is 6. The van der Waals surface area contributed by atoms with Crippen molar-refractivity contribution in [3.8, 4) is 44.8 Å². The molecule has 0 unspecified atom stereocenters. The Kier molecular flexibility index (Phi) is 12.2. The molecule has 10 heteroatoms. The second-order valence-corrected chi connectivity index (χ2v) is 34.8. The highest BCUT2D eigenvalue weighted by Gasteiger charge is 2.53. The predicted molar refractivity (Wildman–Crippen MR) is 472 cm³/mol. The van der Waals surface area contributed by atoms with Gasteiger partial charge in [-0.05, 0) is 216 Å². The van der Waals surface area contributed by atoms with Crippen LogP contribution in [0.2, 0.25) is 0 Å². The fraction of sp³-hybridized carbons (Fsp3) is 0.0588. The third-order valence-corrected chi connectivity index (χ3v) is 28.6. The number of benzene rings is 16. The summed E-state index contributed by atoms with van der Waals surface area (Å²) in [7, 11) is 0. The molecule has 0 atom stereocenters. The highest BCUT2D eigenvalue weighted by atomic mass is 32.2. The molecule has 26 rings (SSSR count). The van der Waals surface area contributed by atoms with Gasteiger partial charge in [-0.2, -0.15) is 0 Å². The van der Waals surface area contributed by atoms with Gasteiger partial charge in [-0.15, -0.1) is 0 Å². The molecule has 8 aliphatic rings. The molecule has 0 saturated heterocycles. The zero-order chi connectivity index (χ0) is 73.5. The van der Waals surface area contributed by atoms with E-state index in [4.69, 9.17) is 0 Å². The van der Waals surface area contributed by atoms with E-state index in [0.717, 1.165) is 11.4 Å². The lowest BCUT2D eigenvalue weighted by atomic mass is 9.32. The Labute approximate surface area is 658 Å². The highest BCUT2D eigenvalue weighted by Crippen LogP contribution is 2.61. The largest absolute Gasteiger partial charge is 0.311 e. The molecule has 0 saturated carbocycles. The van der Waals surface area contributed by atoms with Crippen molar-refractivity contribution in [3.63, 3.8) is 0 Å². The smallest absolute Gasteiger partial charge is 0.252 e. The molecule has 0 radical (unpaired) electrons. The van der Waals surface area contributed by atoms with Crippen LogP contribution in [-0.4, -0.2) is 22.6 Å². The minimum Gasteiger partial charge on any atom is -0.311 e. The van der Waals surface area contributed by atoms with E-state index in [-0.39, 0.29) is 24.3 Å². The van der Waals surface area contributed by atoms with Crippen LogP contribution in [0.15, 0.2) is 347 Å². The first-order chi connectivity index (χ1) is 55.1. The Balaban J connectivity index is 0.657. The van der Waals surface area contributed by atoms with Crippen LogP contribution in [0.3, 0.4) is 0 Å². The maximum Gasteiger partial charge on any atom is 0.252 e. The van der Waals surface area contributed by atoms with Gasteiger partial charge in [0.05, 0.1) is 56.2 Å². The number of hydrogen-bond donors (Lipinski definition) is 0. The standard InChI is InChI=1S/C102H66B2N6S2/c1-101(2)70-27-8-13-36-81(70)107-86-55-61(59-45-49-64(50-46-59)105-78-33-10-5-23-67(78)68-24-6-11-34-79(68)105)56-87-96(86)104(74-30-20-29-72(101)97(74)107)77-54-63(53-73-98(77)108(87)82-37-14-9-28-71(82)102(73,3)4)66-26-19-40-85-94(66)69-25-7-12-35-80(69)106(85)65-51-47-60(48-52-65)62-57-88-95-89(58-62)110-84-39-16-18-42-91(84)112-93-44-22-32-76(100(93)110)103(95)75-31-21-43-92-99(75)109(88)83-38-15-17-41-90(83)111-92/h5-58H,1-4H3. The van der Waals surface area contributed by atoms with Crippen molar-refractivity contribution in [2.45, 2.75) is 58.1 Å². The first-order valence-corrected chi connectivity index (χ1v) is 40.8. The Bertz CT molecular complexity index is 7130. The molecule has 112 heavy (non-hydrogen) atoms. The fourth-order valence-electron chi connectivity index (χ4n) is 21.6. The molecule has 0 aliphatic carbocycles. The summed E-state index contributed by atoms with van der Waals surface area (Å²) < 4.78 is 4.95. The zero-order valence-corrected chi connectivity index (χ0v) is 63.5. The third kappa shape index (κ3) is 7.95. The second kappa shape index (κ2) is 22.0. The molecule has 2 aromatic heterocycles. The lowest BCUT2D eigenvalue weighted by Gasteiger charge is -2.52. The van der Waals surface area contributed by atoms with E-state index in [1.807, 2.05) is 23.5 Å². The van der Waals surface area contributed by atoms with E-state index in [2.05, 4.69) is 384 Å². The minimum absolute atomic E-state index is 0.0566. The van der Waals surface area contributed by atoms with Crippen LogP contribution in [0.1, 0.15) is 49.9 Å². The molecule has 0 N–H and O–H groups in total. The van der Waals surface area contributed by atoms with Gasteiger partial charge >= 0.3 is 0 Å². The minimum atomic E-state index is -0.387. The SMILES string of the molecule is CC1(C)c2ccccc2N2c3cc(-c4ccc(-n5c6ccccc6c6ccccc65)cc4)cc4c3B(c3cccc1c32)c1cc(-c2cccc3c2c2ccccc2n3-c2ccc(-c3cc5c6c(c3)N3c7ccccc7Sc7cccc(c73)B6c3cccc6c3N5c3ccccc3S6)cc2)cc2c1N4c1ccccc1C2(C)C. The van der Waals surface area contributed by atoms with E-state index >= 15 is 0 Å². The average molecular weight is 1460 g/mol. The Hall–Kier alpha value is -12.9. The number of anilines is 12. The lowest BCUT2D eigenvalue weighted by Crippen LogP contribution is -2.63. The van der Waals surface area contributed by atoms with Crippen LogP contribution in [0.4, 0.5) is 68.2 Å². The molecular formula is C102H66B2N6S2. The van der Waals surface area contributed by atoms with Crippen molar-refractivity contribution in [1.29, 1.82) is 0 Å². The number of fused-ring (bicyclic) bond motifs is 22. The number of hydrogen-bond acceptors (Lipinski definition) is 6. The predicted octanol–water partition coefficient (Wildman–Crippen LogP) is 23.3. The maximum atomic E-state index is 2.68. The highest BCUT2D eigenvalue weighted by molar-refractivity contribution is 8.00. The van der Waals surface area contributed by atoms with Gasteiger partial charge in [-0.3, -0.25) is 0 Å². The topological polar surface area (TPSA) is 22.8 Å². The van der Waals surface area contributed by atoms with E-state index in [9.17, 15) is 0 Å². The molecular weight excluding hydrogens is 1390 g/mol. The molecule has 6 nitrogen and oxygen atoms in total. The molecule has 522 valence electrons. The Morgan fingerprint density at radius 1 is 0.250 bits per heavy atom. The van der Waals surface area contributed by atoms with Gasteiger partial charge in [-0.25, -0.2) is 0 Å². The summed E-state index contributed by atoms with van der Waals surface area (Å²) >= 11 is 3.79. The molecule has 0 spiro atoms. The van der Waals surface area contributed by atoms with E-state index < -0.39 is 0 Å². The fourth-order valence-corrected chi connectivity index (χ4v) is 23.8. The van der Waals surface area contributed by atoms with Crippen molar-refractivity contribution in [2.75, 3.05) is 19.6 Å². The monoisotopic (exact) mass is 1460 g/mol. The van der Waals surface area contributed by atoms with Crippen molar-refractivity contribution in [2.24, 2.45) is 0 Å². The van der Waals surface area contributed by atoms with E-state index in [0.29, 0.717) is 0 Å². The van der Waals surface area contributed by atoms with Crippen molar-refractivity contribution in [1.82, 2.24) is 9.13 Å². The summed E-state index contributed by atoms with van der Waals surface area (Å²) in [5.41, 5.74) is 42.0. The molecule has 10 heterocycles. The Morgan fingerprint density at radius 2 is 0.625 bits per heavy atom. The van der Waals surface area contributed by atoms with Crippen LogP contribution >= 0.6 is 23.5 Å². The molecule has 0 bridgehead atoms. The van der Waals surface area contributed by atoms with Crippen molar-refractivity contribution in [3.05, 3.63) is 350 Å². The van der Waals surface area contributed by atoms with Crippen LogP contribution in [-0.2, 0) is 10.8 Å². The van der Waals surface area contributed by atoms with Gasteiger partial charge in [-0.1, -0.05) is 251 Å². The van der Waals surface area contributed by atoms with Gasteiger partial charge in [0.25, 0.3) is 13.4 Å². The maximum absolute atomic E-state index is 2.68. The summed E-state index contributed by atoms with van der Waals surface area (Å²) in [5, 5.41) is 5.00. The number of aromatic nitrogens is 2. The Morgan fingerprint density at radius 3 is 1.16 bits per heavy atom. The molecule has 8 aliphatic heterocycles. The summed E-state index contributed by atoms with van der Waals surface area (Å²) in [6.45, 7) is 9.77. The van der Waals surface area contributed by atoms with Gasteiger partial charge in [0.1, 0.15) is 0 Å². The first-order valence-electron chi connectivity index (χ1n) is 39.2. The summed E-state index contributed by atoms with van der Waals surface area (Å²) in [6, 6.07) is 126. The van der Waals surface area contributed by atoms with Gasteiger partial charge in [0.15, 0.2) is 0 Å². The van der Waals surface area contributed by atoms with Crippen LogP contribution < -0.4 is 52.4 Å². The third-order valence-electron chi connectivity index (χ3n) is 26.4. The average Bonchev–Trinajstić information content (AvgIpc) is 0.677. The zero-order valence-electron chi connectivity index (χ0n) is 61.8. The van der Waals surface area contributed by atoms with Gasteiger partial charge < -0.3 is 28.7 Å².